The van der Waals surface area contributed by atoms with Crippen LogP contribution in [0.15, 0.2) is 0 Å². The lowest BCUT2D eigenvalue weighted by Crippen LogP contribution is -2.34. The van der Waals surface area contributed by atoms with Gasteiger partial charge in [-0.25, -0.2) is 4.79 Å². The van der Waals surface area contributed by atoms with Gasteiger partial charge in [0, 0.05) is 14.2 Å². The van der Waals surface area contributed by atoms with Gasteiger partial charge in [0.05, 0.1) is 6.10 Å². The van der Waals surface area contributed by atoms with Crippen molar-refractivity contribution in [3.63, 3.8) is 0 Å². The summed E-state index contributed by atoms with van der Waals surface area (Å²) in [7, 11) is 2.79. The van der Waals surface area contributed by atoms with Gasteiger partial charge in [0.25, 0.3) is 0 Å². The van der Waals surface area contributed by atoms with E-state index in [1.54, 1.807) is 6.92 Å². The maximum Gasteiger partial charge on any atom is 0.335 e. The van der Waals surface area contributed by atoms with Gasteiger partial charge in [-0.3, -0.25) is 0 Å². The van der Waals surface area contributed by atoms with Crippen LogP contribution in [-0.4, -0.2) is 37.5 Å². The van der Waals surface area contributed by atoms with Crippen molar-refractivity contribution in [1.29, 1.82) is 0 Å². The number of hydrogen-bond acceptors (Lipinski definition) is 3. The molecule has 0 rings (SSSR count). The fourth-order valence-electron chi connectivity index (χ4n) is 0.617. The van der Waals surface area contributed by atoms with Crippen molar-refractivity contribution in [2.75, 3.05) is 14.2 Å². The van der Waals surface area contributed by atoms with Crippen molar-refractivity contribution in [3.05, 3.63) is 0 Å². The quantitative estimate of drug-likeness (QED) is 0.615. The molecule has 0 spiro atoms. The number of carbonyl (C=O) groups is 1. The van der Waals surface area contributed by atoms with Crippen LogP contribution >= 0.6 is 0 Å². The third-order valence-electron chi connectivity index (χ3n) is 1.30. The SMILES string of the molecule is COC(C)C(OC)C(=O)O. The first-order valence-electron chi connectivity index (χ1n) is 2.91. The maximum absolute atomic E-state index is 10.3. The van der Waals surface area contributed by atoms with Gasteiger partial charge in [-0.1, -0.05) is 0 Å². The first-order valence-corrected chi connectivity index (χ1v) is 2.91. The molecular weight excluding hydrogens is 136 g/mol. The Labute approximate surface area is 59.7 Å². The zero-order chi connectivity index (χ0) is 8.15. The Bertz CT molecular complexity index is 112. The van der Waals surface area contributed by atoms with E-state index < -0.39 is 18.2 Å². The number of hydrogen-bond donors (Lipinski definition) is 1. The highest BCUT2D eigenvalue weighted by molar-refractivity contribution is 5.72. The number of carboxylic acids is 1. The van der Waals surface area contributed by atoms with Crippen LogP contribution in [0.3, 0.4) is 0 Å². The minimum atomic E-state index is -1.00. The van der Waals surface area contributed by atoms with Crippen LogP contribution in [-0.2, 0) is 14.3 Å². The molecule has 0 heterocycles. The first kappa shape index (κ1) is 9.39. The van der Waals surface area contributed by atoms with Gasteiger partial charge in [-0.2, -0.15) is 0 Å². The minimum Gasteiger partial charge on any atom is -0.479 e. The van der Waals surface area contributed by atoms with Crippen molar-refractivity contribution in [2.45, 2.75) is 19.1 Å². The predicted octanol–water partition coefficient (Wildman–Crippen LogP) is 0.121. The smallest absolute Gasteiger partial charge is 0.335 e. The largest absolute Gasteiger partial charge is 0.479 e. The van der Waals surface area contributed by atoms with Gasteiger partial charge in [-0.05, 0) is 6.92 Å². The van der Waals surface area contributed by atoms with Crippen LogP contribution in [0.1, 0.15) is 6.92 Å². The highest BCUT2D eigenvalue weighted by Gasteiger charge is 2.23. The summed E-state index contributed by atoms with van der Waals surface area (Å²) in [6, 6.07) is 0. The van der Waals surface area contributed by atoms with E-state index in [2.05, 4.69) is 4.74 Å². The number of rotatable bonds is 4. The Balaban J connectivity index is 3.92. The number of carboxylic acid groups (broad SMARTS) is 1. The summed E-state index contributed by atoms with van der Waals surface area (Å²) in [4.78, 5) is 10.3. The molecule has 0 aromatic heterocycles. The Morgan fingerprint density at radius 1 is 1.40 bits per heavy atom. The average Bonchev–Trinajstić information content (AvgIpc) is 1.88. The van der Waals surface area contributed by atoms with E-state index in [4.69, 9.17) is 9.84 Å². The summed E-state index contributed by atoms with van der Waals surface area (Å²) in [5, 5.41) is 8.47. The zero-order valence-corrected chi connectivity index (χ0v) is 6.33. The normalized spacial score (nSPS) is 16.3. The Morgan fingerprint density at radius 2 is 1.90 bits per heavy atom. The molecule has 0 aliphatic rings. The van der Waals surface area contributed by atoms with Gasteiger partial charge in [0.15, 0.2) is 6.10 Å². The van der Waals surface area contributed by atoms with Crippen molar-refractivity contribution in [3.8, 4) is 0 Å². The lowest BCUT2D eigenvalue weighted by atomic mass is 10.2. The fourth-order valence-corrected chi connectivity index (χ4v) is 0.617. The van der Waals surface area contributed by atoms with Gasteiger partial charge in [0.2, 0.25) is 0 Å². The highest BCUT2D eigenvalue weighted by atomic mass is 16.5. The molecule has 0 saturated carbocycles. The van der Waals surface area contributed by atoms with Crippen molar-refractivity contribution < 1.29 is 19.4 Å². The molecule has 0 bridgehead atoms. The first-order chi connectivity index (χ1) is 4.63. The molecule has 2 atom stereocenters. The van der Waals surface area contributed by atoms with Crippen molar-refractivity contribution in [2.24, 2.45) is 0 Å². The van der Waals surface area contributed by atoms with Crippen LogP contribution in [0.4, 0.5) is 0 Å². The Kier molecular flexibility index (Phi) is 3.99. The molecule has 1 N–H and O–H groups in total. The van der Waals surface area contributed by atoms with E-state index in [9.17, 15) is 4.79 Å². The highest BCUT2D eigenvalue weighted by Crippen LogP contribution is 2.00. The van der Waals surface area contributed by atoms with Crippen LogP contribution < -0.4 is 0 Å². The molecule has 10 heavy (non-hydrogen) atoms. The van der Waals surface area contributed by atoms with Crippen LogP contribution in [0.25, 0.3) is 0 Å². The average molecular weight is 148 g/mol. The van der Waals surface area contributed by atoms with Crippen LogP contribution in [0, 0.1) is 0 Å². The molecule has 0 aliphatic heterocycles. The molecule has 0 fully saturated rings. The van der Waals surface area contributed by atoms with Crippen LogP contribution in [0.2, 0.25) is 0 Å². The molecule has 0 radical (unpaired) electrons. The monoisotopic (exact) mass is 148 g/mol. The minimum absolute atomic E-state index is 0.414. The van der Waals surface area contributed by atoms with E-state index in [0.717, 1.165) is 0 Å². The molecular formula is C6H12O4. The second-order valence-corrected chi connectivity index (χ2v) is 1.94. The molecule has 4 heteroatoms. The summed E-state index contributed by atoms with van der Waals surface area (Å²) in [5.74, 6) is -1.00. The molecule has 0 aliphatic carbocycles. The van der Waals surface area contributed by atoms with Gasteiger partial charge in [-0.15, -0.1) is 0 Å². The molecule has 60 valence electrons. The maximum atomic E-state index is 10.3. The molecule has 0 aromatic rings. The number of aliphatic carboxylic acids is 1. The third-order valence-corrected chi connectivity index (χ3v) is 1.30. The van der Waals surface area contributed by atoms with E-state index in [-0.39, 0.29) is 0 Å². The molecule has 0 saturated heterocycles. The predicted molar refractivity (Wildman–Crippen MR) is 34.9 cm³/mol. The number of methoxy groups -OCH3 is 2. The summed E-state index contributed by atoms with van der Waals surface area (Å²) in [6.45, 7) is 1.64. The molecule has 0 aromatic carbocycles. The zero-order valence-electron chi connectivity index (χ0n) is 6.33. The fraction of sp³-hybridized carbons (Fsp3) is 0.833. The van der Waals surface area contributed by atoms with Gasteiger partial charge < -0.3 is 14.6 Å². The molecule has 2 unspecified atom stereocenters. The van der Waals surface area contributed by atoms with Crippen molar-refractivity contribution >= 4 is 5.97 Å². The van der Waals surface area contributed by atoms with Gasteiger partial charge >= 0.3 is 5.97 Å². The van der Waals surface area contributed by atoms with E-state index in [0.29, 0.717) is 0 Å². The second kappa shape index (κ2) is 4.24. The lowest BCUT2D eigenvalue weighted by Gasteiger charge is -2.16. The Morgan fingerprint density at radius 3 is 2.00 bits per heavy atom. The summed E-state index contributed by atoms with van der Waals surface area (Å²) < 4.78 is 9.40. The van der Waals surface area contributed by atoms with E-state index in [1.807, 2.05) is 0 Å². The molecule has 4 nitrogen and oxygen atoms in total. The van der Waals surface area contributed by atoms with Crippen LogP contribution in [0.5, 0.6) is 0 Å². The standard InChI is InChI=1S/C6H12O4/c1-4(9-2)5(10-3)6(7)8/h4-5H,1-3H3,(H,7,8). The lowest BCUT2D eigenvalue weighted by molar-refractivity contribution is -0.156. The summed E-state index contributed by atoms with van der Waals surface area (Å²) in [5.41, 5.74) is 0. The summed E-state index contributed by atoms with van der Waals surface area (Å²) >= 11 is 0. The summed E-state index contributed by atoms with van der Waals surface area (Å²) in [6.07, 6.45) is -1.28. The van der Waals surface area contributed by atoms with E-state index >= 15 is 0 Å². The number of ether oxygens (including phenoxy) is 2. The third kappa shape index (κ3) is 2.33. The van der Waals surface area contributed by atoms with E-state index in [1.165, 1.54) is 14.2 Å². The van der Waals surface area contributed by atoms with Gasteiger partial charge in [0.1, 0.15) is 0 Å². The Hall–Kier alpha value is -0.610. The topological polar surface area (TPSA) is 55.8 Å². The molecule has 0 amide bonds. The van der Waals surface area contributed by atoms with Crippen molar-refractivity contribution in [1.82, 2.24) is 0 Å². The second-order valence-electron chi connectivity index (χ2n) is 1.94.